The summed E-state index contributed by atoms with van der Waals surface area (Å²) in [4.78, 5) is 0. The summed E-state index contributed by atoms with van der Waals surface area (Å²) < 4.78 is 5.64. The van der Waals surface area contributed by atoms with Crippen LogP contribution in [0.2, 0.25) is 0 Å². The topological polar surface area (TPSA) is 21.3 Å². The fourth-order valence-corrected chi connectivity index (χ4v) is 1.45. The SMILES string of the molecule is C=C(CNC1CC1)COc1ccc(C)cc1. The highest BCUT2D eigenvalue weighted by molar-refractivity contribution is 5.26. The first-order chi connectivity index (χ1) is 7.74. The summed E-state index contributed by atoms with van der Waals surface area (Å²) in [6, 6.07) is 8.84. The molecule has 0 heterocycles. The number of aryl methyl sites for hydroxylation is 1. The van der Waals surface area contributed by atoms with Crippen molar-refractivity contribution in [2.45, 2.75) is 25.8 Å². The van der Waals surface area contributed by atoms with E-state index >= 15 is 0 Å². The first-order valence-electron chi connectivity index (χ1n) is 5.83. The quantitative estimate of drug-likeness (QED) is 0.740. The van der Waals surface area contributed by atoms with Gasteiger partial charge in [0.1, 0.15) is 12.4 Å². The van der Waals surface area contributed by atoms with Crippen molar-refractivity contribution >= 4 is 0 Å². The first-order valence-corrected chi connectivity index (χ1v) is 5.83. The van der Waals surface area contributed by atoms with Gasteiger partial charge in [-0.2, -0.15) is 0 Å². The largest absolute Gasteiger partial charge is 0.489 e. The van der Waals surface area contributed by atoms with Crippen LogP contribution in [0.3, 0.4) is 0 Å². The molecule has 1 fully saturated rings. The third-order valence-electron chi connectivity index (χ3n) is 2.68. The highest BCUT2D eigenvalue weighted by Gasteiger charge is 2.19. The van der Waals surface area contributed by atoms with Crippen LogP contribution in [-0.2, 0) is 0 Å². The molecule has 0 aromatic heterocycles. The number of rotatable bonds is 6. The molecule has 2 nitrogen and oxygen atoms in total. The lowest BCUT2D eigenvalue weighted by Crippen LogP contribution is -2.21. The van der Waals surface area contributed by atoms with Gasteiger partial charge >= 0.3 is 0 Å². The zero-order valence-corrected chi connectivity index (χ0v) is 9.83. The fourth-order valence-electron chi connectivity index (χ4n) is 1.45. The van der Waals surface area contributed by atoms with E-state index in [-0.39, 0.29) is 0 Å². The van der Waals surface area contributed by atoms with Crippen molar-refractivity contribution in [1.82, 2.24) is 5.32 Å². The Morgan fingerprint density at radius 1 is 1.38 bits per heavy atom. The van der Waals surface area contributed by atoms with Gasteiger partial charge in [-0.15, -0.1) is 0 Å². The second-order valence-corrected chi connectivity index (χ2v) is 4.51. The third kappa shape index (κ3) is 3.70. The summed E-state index contributed by atoms with van der Waals surface area (Å²) in [7, 11) is 0. The molecule has 2 rings (SSSR count). The molecule has 0 bridgehead atoms. The molecule has 0 radical (unpaired) electrons. The second-order valence-electron chi connectivity index (χ2n) is 4.51. The van der Waals surface area contributed by atoms with Crippen molar-refractivity contribution in [2.75, 3.05) is 13.2 Å². The van der Waals surface area contributed by atoms with Crippen LogP contribution < -0.4 is 10.1 Å². The molecule has 0 unspecified atom stereocenters. The number of hydrogen-bond acceptors (Lipinski definition) is 2. The standard InChI is InChI=1S/C14H19NO/c1-11-3-7-14(8-4-11)16-10-12(2)9-15-13-5-6-13/h3-4,7-8,13,15H,2,5-6,9-10H2,1H3. The van der Waals surface area contributed by atoms with E-state index in [1.807, 2.05) is 12.1 Å². The Hall–Kier alpha value is -1.28. The van der Waals surface area contributed by atoms with Gasteiger partial charge in [0.2, 0.25) is 0 Å². The smallest absolute Gasteiger partial charge is 0.119 e. The van der Waals surface area contributed by atoms with E-state index in [0.717, 1.165) is 23.9 Å². The van der Waals surface area contributed by atoms with E-state index in [9.17, 15) is 0 Å². The molecular weight excluding hydrogens is 198 g/mol. The van der Waals surface area contributed by atoms with Gasteiger partial charge < -0.3 is 10.1 Å². The Balaban J connectivity index is 1.69. The summed E-state index contributed by atoms with van der Waals surface area (Å²) >= 11 is 0. The van der Waals surface area contributed by atoms with Crippen LogP contribution in [0, 0.1) is 6.92 Å². The zero-order chi connectivity index (χ0) is 11.4. The van der Waals surface area contributed by atoms with E-state index in [4.69, 9.17) is 4.74 Å². The molecule has 1 aliphatic carbocycles. The molecule has 86 valence electrons. The number of hydrogen-bond donors (Lipinski definition) is 1. The van der Waals surface area contributed by atoms with Crippen LogP contribution in [0.15, 0.2) is 36.4 Å². The van der Waals surface area contributed by atoms with Crippen molar-refractivity contribution in [3.8, 4) is 5.75 Å². The molecule has 0 spiro atoms. The number of benzene rings is 1. The summed E-state index contributed by atoms with van der Waals surface area (Å²) in [6.45, 7) is 7.54. The third-order valence-corrected chi connectivity index (χ3v) is 2.68. The summed E-state index contributed by atoms with van der Waals surface area (Å²) in [5.74, 6) is 0.915. The average Bonchev–Trinajstić information content (AvgIpc) is 3.09. The highest BCUT2D eigenvalue weighted by Crippen LogP contribution is 2.18. The minimum Gasteiger partial charge on any atom is -0.489 e. The van der Waals surface area contributed by atoms with Crippen LogP contribution >= 0.6 is 0 Å². The molecule has 0 atom stereocenters. The summed E-state index contributed by atoms with van der Waals surface area (Å²) in [6.07, 6.45) is 2.62. The van der Waals surface area contributed by atoms with Crippen LogP contribution in [-0.4, -0.2) is 19.2 Å². The van der Waals surface area contributed by atoms with Gasteiger partial charge in [-0.25, -0.2) is 0 Å². The van der Waals surface area contributed by atoms with Crippen LogP contribution in [0.25, 0.3) is 0 Å². The van der Waals surface area contributed by atoms with Gasteiger partial charge in [0.15, 0.2) is 0 Å². The van der Waals surface area contributed by atoms with Crippen molar-refractivity contribution in [3.05, 3.63) is 42.0 Å². The maximum Gasteiger partial charge on any atom is 0.119 e. The number of nitrogens with one attached hydrogen (secondary N) is 1. The maximum absolute atomic E-state index is 5.64. The van der Waals surface area contributed by atoms with Gasteiger partial charge in [-0.05, 0) is 37.5 Å². The second kappa shape index (κ2) is 5.17. The van der Waals surface area contributed by atoms with Crippen molar-refractivity contribution in [2.24, 2.45) is 0 Å². The highest BCUT2D eigenvalue weighted by atomic mass is 16.5. The lowest BCUT2D eigenvalue weighted by molar-refractivity contribution is 0.348. The Morgan fingerprint density at radius 3 is 2.69 bits per heavy atom. The first kappa shape index (κ1) is 11.2. The maximum atomic E-state index is 5.64. The lowest BCUT2D eigenvalue weighted by Gasteiger charge is -2.09. The van der Waals surface area contributed by atoms with Crippen molar-refractivity contribution < 1.29 is 4.74 Å². The fraction of sp³-hybridized carbons (Fsp3) is 0.429. The van der Waals surface area contributed by atoms with Crippen LogP contribution in [0.1, 0.15) is 18.4 Å². The van der Waals surface area contributed by atoms with Gasteiger partial charge in [-0.3, -0.25) is 0 Å². The van der Waals surface area contributed by atoms with Crippen molar-refractivity contribution in [3.63, 3.8) is 0 Å². The molecule has 1 saturated carbocycles. The van der Waals surface area contributed by atoms with E-state index in [0.29, 0.717) is 6.61 Å². The minimum absolute atomic E-state index is 0.600. The van der Waals surface area contributed by atoms with Crippen LogP contribution in [0.4, 0.5) is 0 Å². The monoisotopic (exact) mass is 217 g/mol. The Labute approximate surface area is 97.3 Å². The Kier molecular flexibility index (Phi) is 3.62. The molecule has 2 heteroatoms. The summed E-state index contributed by atoms with van der Waals surface area (Å²) in [5, 5.41) is 3.42. The van der Waals surface area contributed by atoms with Gasteiger partial charge in [0.05, 0.1) is 0 Å². The predicted molar refractivity (Wildman–Crippen MR) is 66.8 cm³/mol. The van der Waals surface area contributed by atoms with Crippen LogP contribution in [0.5, 0.6) is 5.75 Å². The zero-order valence-electron chi connectivity index (χ0n) is 9.83. The molecule has 0 aliphatic heterocycles. The molecule has 0 saturated heterocycles. The average molecular weight is 217 g/mol. The van der Waals surface area contributed by atoms with Gasteiger partial charge in [-0.1, -0.05) is 24.3 Å². The molecule has 1 aromatic rings. The molecule has 0 amide bonds. The minimum atomic E-state index is 0.600. The molecular formula is C14H19NO. The number of ether oxygens (including phenoxy) is 1. The van der Waals surface area contributed by atoms with E-state index in [1.165, 1.54) is 18.4 Å². The molecule has 1 aliphatic rings. The van der Waals surface area contributed by atoms with Gasteiger partial charge in [0, 0.05) is 12.6 Å². The molecule has 1 aromatic carbocycles. The normalized spacial score (nSPS) is 14.8. The summed E-state index contributed by atoms with van der Waals surface area (Å²) in [5.41, 5.74) is 2.36. The Bertz CT molecular complexity index is 352. The molecule has 16 heavy (non-hydrogen) atoms. The molecule has 1 N–H and O–H groups in total. The lowest BCUT2D eigenvalue weighted by atomic mass is 10.2. The van der Waals surface area contributed by atoms with E-state index in [1.54, 1.807) is 0 Å². The van der Waals surface area contributed by atoms with E-state index in [2.05, 4.69) is 31.0 Å². The predicted octanol–water partition coefficient (Wildman–Crippen LogP) is 2.68. The Morgan fingerprint density at radius 2 is 2.06 bits per heavy atom. The van der Waals surface area contributed by atoms with E-state index < -0.39 is 0 Å². The van der Waals surface area contributed by atoms with Crippen molar-refractivity contribution in [1.29, 1.82) is 0 Å². The van der Waals surface area contributed by atoms with Gasteiger partial charge in [0.25, 0.3) is 0 Å².